The van der Waals surface area contributed by atoms with Gasteiger partial charge in [-0.05, 0) is 30.4 Å². The molecule has 0 unspecified atom stereocenters. The van der Waals surface area contributed by atoms with Gasteiger partial charge < -0.3 is 10.1 Å². The van der Waals surface area contributed by atoms with E-state index in [1.807, 2.05) is 0 Å². The Labute approximate surface area is 140 Å². The fraction of sp³-hybridized carbons (Fsp3) is 0.625. The number of rotatable bonds is 4. The first-order valence-electron chi connectivity index (χ1n) is 8.13. The van der Waals surface area contributed by atoms with Crippen molar-refractivity contribution >= 4 is 17.3 Å². The number of nitrogens with zero attached hydrogens (tertiary/aromatic N) is 2. The highest BCUT2D eigenvalue weighted by molar-refractivity contribution is 6.31. The molecule has 126 valence electrons. The van der Waals surface area contributed by atoms with E-state index in [0.29, 0.717) is 10.9 Å². The van der Waals surface area contributed by atoms with E-state index in [1.165, 1.54) is 6.07 Å². The lowest BCUT2D eigenvalue weighted by Crippen LogP contribution is -2.47. The van der Waals surface area contributed by atoms with Gasteiger partial charge in [0.05, 0.1) is 4.92 Å². The van der Waals surface area contributed by atoms with Crippen LogP contribution in [0.4, 0.5) is 5.69 Å². The number of non-ortho nitro benzene ring substituents is 1. The Balaban J connectivity index is 1.96. The Kier molecular flexibility index (Phi) is 5.48. The molecule has 23 heavy (non-hydrogen) atoms. The smallest absolute Gasteiger partial charge is 0.269 e. The number of piperazine rings is 1. The second-order valence-electron chi connectivity index (χ2n) is 6.14. The van der Waals surface area contributed by atoms with Crippen LogP contribution >= 0.6 is 11.6 Å². The SMILES string of the molecule is O=[N+]([O-])c1ccc(Cl)c([C@H](C2CCOCC2)N2CCNCC2)c1. The third-order valence-corrected chi connectivity index (χ3v) is 5.11. The van der Waals surface area contributed by atoms with Crippen LogP contribution < -0.4 is 5.32 Å². The Morgan fingerprint density at radius 1 is 1.30 bits per heavy atom. The minimum atomic E-state index is -0.349. The normalized spacial score (nSPS) is 22.0. The lowest BCUT2D eigenvalue weighted by atomic mass is 9.85. The van der Waals surface area contributed by atoms with E-state index < -0.39 is 0 Å². The number of nitrogens with one attached hydrogen (secondary N) is 1. The van der Waals surface area contributed by atoms with Gasteiger partial charge in [-0.1, -0.05) is 11.6 Å². The van der Waals surface area contributed by atoms with Crippen molar-refractivity contribution in [1.29, 1.82) is 0 Å². The third kappa shape index (κ3) is 3.83. The van der Waals surface area contributed by atoms with Crippen molar-refractivity contribution in [2.75, 3.05) is 39.4 Å². The Bertz CT molecular complexity index is 540. The summed E-state index contributed by atoms with van der Waals surface area (Å²) in [6.07, 6.45) is 1.93. The Hall–Kier alpha value is -1.21. The molecule has 2 saturated heterocycles. The second kappa shape index (κ2) is 7.57. The van der Waals surface area contributed by atoms with Gasteiger partial charge >= 0.3 is 0 Å². The summed E-state index contributed by atoms with van der Waals surface area (Å²) in [5, 5.41) is 15.1. The maximum Gasteiger partial charge on any atom is 0.269 e. The van der Waals surface area contributed by atoms with Gasteiger partial charge in [-0.25, -0.2) is 0 Å². The lowest BCUT2D eigenvalue weighted by molar-refractivity contribution is -0.385. The number of nitro groups is 1. The first-order chi connectivity index (χ1) is 11.2. The van der Waals surface area contributed by atoms with Gasteiger partial charge in [0, 0.05) is 62.6 Å². The molecule has 1 aromatic rings. The van der Waals surface area contributed by atoms with Crippen molar-refractivity contribution in [2.24, 2.45) is 5.92 Å². The summed E-state index contributed by atoms with van der Waals surface area (Å²) < 4.78 is 5.49. The monoisotopic (exact) mass is 339 g/mol. The summed E-state index contributed by atoms with van der Waals surface area (Å²) in [4.78, 5) is 13.2. The van der Waals surface area contributed by atoms with Gasteiger partial charge in [0.2, 0.25) is 0 Å². The molecule has 1 aromatic carbocycles. The zero-order valence-electron chi connectivity index (χ0n) is 13.0. The van der Waals surface area contributed by atoms with Crippen molar-refractivity contribution in [3.63, 3.8) is 0 Å². The molecular formula is C16H22ClN3O3. The van der Waals surface area contributed by atoms with Crippen LogP contribution in [0.25, 0.3) is 0 Å². The van der Waals surface area contributed by atoms with Crippen LogP contribution in [0.2, 0.25) is 5.02 Å². The first kappa shape index (κ1) is 16.6. The molecule has 0 bridgehead atoms. The summed E-state index contributed by atoms with van der Waals surface area (Å²) in [5.41, 5.74) is 0.992. The van der Waals surface area contributed by atoms with E-state index in [-0.39, 0.29) is 16.7 Å². The topological polar surface area (TPSA) is 67.6 Å². The molecule has 1 atom stereocenters. The van der Waals surface area contributed by atoms with Crippen LogP contribution in [0.15, 0.2) is 18.2 Å². The minimum absolute atomic E-state index is 0.108. The van der Waals surface area contributed by atoms with Crippen molar-refractivity contribution in [3.8, 4) is 0 Å². The number of hydrogen-bond acceptors (Lipinski definition) is 5. The highest BCUT2D eigenvalue weighted by Crippen LogP contribution is 2.39. The molecule has 2 aliphatic heterocycles. The molecule has 0 aromatic heterocycles. The van der Waals surface area contributed by atoms with Crippen LogP contribution in [0.5, 0.6) is 0 Å². The largest absolute Gasteiger partial charge is 0.381 e. The van der Waals surface area contributed by atoms with E-state index in [1.54, 1.807) is 12.1 Å². The average molecular weight is 340 g/mol. The standard InChI is InChI=1S/C16H22ClN3O3/c17-15-2-1-13(20(21)22)11-14(15)16(12-3-9-23-10-4-12)19-7-5-18-6-8-19/h1-2,11-12,16,18H,3-10H2/t16-/m0/s1. The molecule has 0 amide bonds. The van der Waals surface area contributed by atoms with Crippen molar-refractivity contribution < 1.29 is 9.66 Å². The van der Waals surface area contributed by atoms with Gasteiger partial charge in [-0.2, -0.15) is 0 Å². The molecule has 6 nitrogen and oxygen atoms in total. The quantitative estimate of drug-likeness (QED) is 0.674. The molecule has 2 heterocycles. The predicted octanol–water partition coefficient (Wildman–Crippen LogP) is 2.62. The predicted molar refractivity (Wildman–Crippen MR) is 88.8 cm³/mol. The zero-order valence-corrected chi connectivity index (χ0v) is 13.8. The molecule has 2 fully saturated rings. The summed E-state index contributed by atoms with van der Waals surface area (Å²) in [6, 6.07) is 4.91. The summed E-state index contributed by atoms with van der Waals surface area (Å²) in [5.74, 6) is 0.418. The molecule has 3 rings (SSSR count). The number of benzene rings is 1. The fourth-order valence-electron chi connectivity index (χ4n) is 3.61. The van der Waals surface area contributed by atoms with Gasteiger partial charge in [-0.15, -0.1) is 0 Å². The van der Waals surface area contributed by atoms with Crippen LogP contribution in [0.1, 0.15) is 24.4 Å². The highest BCUT2D eigenvalue weighted by atomic mass is 35.5. The van der Waals surface area contributed by atoms with E-state index in [4.69, 9.17) is 16.3 Å². The molecule has 0 spiro atoms. The highest BCUT2D eigenvalue weighted by Gasteiger charge is 2.33. The Morgan fingerprint density at radius 3 is 2.65 bits per heavy atom. The van der Waals surface area contributed by atoms with E-state index in [0.717, 1.165) is 57.8 Å². The molecule has 0 saturated carbocycles. The maximum absolute atomic E-state index is 11.2. The zero-order chi connectivity index (χ0) is 16.2. The van der Waals surface area contributed by atoms with Crippen molar-refractivity contribution in [1.82, 2.24) is 10.2 Å². The fourth-order valence-corrected chi connectivity index (χ4v) is 3.84. The molecule has 2 aliphatic rings. The number of ether oxygens (including phenoxy) is 1. The Morgan fingerprint density at radius 2 is 2.00 bits per heavy atom. The van der Waals surface area contributed by atoms with Crippen molar-refractivity contribution in [2.45, 2.75) is 18.9 Å². The van der Waals surface area contributed by atoms with Gasteiger partial charge in [0.15, 0.2) is 0 Å². The molecular weight excluding hydrogens is 318 g/mol. The van der Waals surface area contributed by atoms with Gasteiger partial charge in [0.1, 0.15) is 0 Å². The van der Waals surface area contributed by atoms with Crippen LogP contribution in [-0.2, 0) is 4.74 Å². The average Bonchev–Trinajstić information content (AvgIpc) is 2.58. The third-order valence-electron chi connectivity index (χ3n) is 4.77. The van der Waals surface area contributed by atoms with E-state index in [2.05, 4.69) is 10.2 Å². The lowest BCUT2D eigenvalue weighted by Gasteiger charge is -2.41. The maximum atomic E-state index is 11.2. The van der Waals surface area contributed by atoms with Gasteiger partial charge in [-0.3, -0.25) is 15.0 Å². The molecule has 7 heteroatoms. The summed E-state index contributed by atoms with van der Waals surface area (Å²) >= 11 is 6.44. The van der Waals surface area contributed by atoms with Crippen LogP contribution in [-0.4, -0.2) is 49.2 Å². The van der Waals surface area contributed by atoms with Crippen LogP contribution in [0.3, 0.4) is 0 Å². The van der Waals surface area contributed by atoms with Crippen LogP contribution in [0, 0.1) is 16.0 Å². The number of halogens is 1. The summed E-state index contributed by atoms with van der Waals surface area (Å²) in [7, 11) is 0. The molecule has 0 aliphatic carbocycles. The van der Waals surface area contributed by atoms with E-state index in [9.17, 15) is 10.1 Å². The van der Waals surface area contributed by atoms with E-state index >= 15 is 0 Å². The minimum Gasteiger partial charge on any atom is -0.381 e. The number of hydrogen-bond donors (Lipinski definition) is 1. The van der Waals surface area contributed by atoms with Gasteiger partial charge in [0.25, 0.3) is 5.69 Å². The first-order valence-corrected chi connectivity index (χ1v) is 8.51. The molecule has 0 radical (unpaired) electrons. The summed E-state index contributed by atoms with van der Waals surface area (Å²) in [6.45, 7) is 5.24. The molecule has 1 N–H and O–H groups in total. The second-order valence-corrected chi connectivity index (χ2v) is 6.55. The number of nitro benzene ring substituents is 1. The van der Waals surface area contributed by atoms with Crippen molar-refractivity contribution in [3.05, 3.63) is 38.9 Å².